The number of carbonyl (C=O) groups excluding carboxylic acids is 2. The van der Waals surface area contributed by atoms with Gasteiger partial charge in [-0.1, -0.05) is 35.3 Å². The summed E-state index contributed by atoms with van der Waals surface area (Å²) in [7, 11) is 1.46. The first-order chi connectivity index (χ1) is 13.5. The number of carbonyl (C=O) groups is 2. The summed E-state index contributed by atoms with van der Waals surface area (Å²) in [5.41, 5.74) is 1.92. The molecule has 0 atom stereocenters. The van der Waals surface area contributed by atoms with Gasteiger partial charge < -0.3 is 15.0 Å². The molecule has 0 unspecified atom stereocenters. The van der Waals surface area contributed by atoms with E-state index in [0.29, 0.717) is 23.4 Å². The van der Waals surface area contributed by atoms with Gasteiger partial charge in [0.05, 0.1) is 17.2 Å². The molecule has 5 nitrogen and oxygen atoms in total. The van der Waals surface area contributed by atoms with E-state index in [9.17, 15) is 9.59 Å². The van der Waals surface area contributed by atoms with E-state index in [1.165, 1.54) is 25.7 Å². The van der Waals surface area contributed by atoms with Crippen LogP contribution in [0.4, 0.5) is 0 Å². The minimum absolute atomic E-state index is 0.0674. The fraction of sp³-hybridized carbons (Fsp3) is 0.333. The molecule has 1 N–H and O–H groups in total. The lowest BCUT2D eigenvalue weighted by Gasteiger charge is -2.26. The summed E-state index contributed by atoms with van der Waals surface area (Å²) < 4.78 is 5.09. The van der Waals surface area contributed by atoms with Crippen molar-refractivity contribution in [2.75, 3.05) is 20.2 Å². The van der Waals surface area contributed by atoms with Crippen molar-refractivity contribution in [3.05, 3.63) is 63.1 Å². The van der Waals surface area contributed by atoms with Gasteiger partial charge in [0.2, 0.25) is 0 Å². The molecule has 0 bridgehead atoms. The van der Waals surface area contributed by atoms with Crippen molar-refractivity contribution in [3.8, 4) is 5.75 Å². The van der Waals surface area contributed by atoms with Gasteiger partial charge in [-0.25, -0.2) is 0 Å². The fourth-order valence-corrected chi connectivity index (χ4v) is 3.86. The standard InChI is InChI=1S/C21H22Cl2N2O3/c1-28-19-17(22)11-16(12-18(19)23)20(26)24-13-14-5-7-15(8-6-14)21(27)25-9-3-2-4-10-25/h5-8,11-12H,2-4,9-10,13H2,1H3,(H,24,26). The second-order valence-electron chi connectivity index (χ2n) is 6.71. The van der Waals surface area contributed by atoms with Gasteiger partial charge in [0.1, 0.15) is 0 Å². The molecule has 2 aromatic carbocycles. The number of halogens is 2. The van der Waals surface area contributed by atoms with Crippen LogP contribution in [0.15, 0.2) is 36.4 Å². The van der Waals surface area contributed by atoms with E-state index in [-0.39, 0.29) is 21.9 Å². The predicted molar refractivity (Wildman–Crippen MR) is 110 cm³/mol. The Morgan fingerprint density at radius 3 is 2.18 bits per heavy atom. The Bertz CT molecular complexity index is 839. The number of nitrogens with one attached hydrogen (secondary N) is 1. The molecule has 1 aliphatic heterocycles. The highest BCUT2D eigenvalue weighted by atomic mass is 35.5. The Hall–Kier alpha value is -2.24. The number of hydrogen-bond acceptors (Lipinski definition) is 3. The quantitative estimate of drug-likeness (QED) is 0.770. The van der Waals surface area contributed by atoms with Crippen molar-refractivity contribution in [1.29, 1.82) is 0 Å². The van der Waals surface area contributed by atoms with E-state index >= 15 is 0 Å². The molecule has 0 aromatic heterocycles. The molecule has 0 aliphatic carbocycles. The van der Waals surface area contributed by atoms with Crippen LogP contribution in [0.1, 0.15) is 45.5 Å². The topological polar surface area (TPSA) is 58.6 Å². The molecule has 0 spiro atoms. The lowest BCUT2D eigenvalue weighted by atomic mass is 10.1. The normalized spacial score (nSPS) is 13.9. The Morgan fingerprint density at radius 1 is 1.00 bits per heavy atom. The zero-order valence-electron chi connectivity index (χ0n) is 15.6. The molecule has 2 aromatic rings. The van der Waals surface area contributed by atoms with Crippen molar-refractivity contribution >= 4 is 35.0 Å². The van der Waals surface area contributed by atoms with Crippen LogP contribution in [0.3, 0.4) is 0 Å². The Balaban J connectivity index is 1.60. The zero-order chi connectivity index (χ0) is 20.1. The van der Waals surface area contributed by atoms with Crippen LogP contribution >= 0.6 is 23.2 Å². The van der Waals surface area contributed by atoms with E-state index in [1.54, 1.807) is 12.1 Å². The van der Waals surface area contributed by atoms with Gasteiger partial charge in [-0.15, -0.1) is 0 Å². The van der Waals surface area contributed by atoms with Crippen LogP contribution in [-0.4, -0.2) is 36.9 Å². The van der Waals surface area contributed by atoms with E-state index in [1.807, 2.05) is 17.0 Å². The number of amides is 2. The van der Waals surface area contributed by atoms with Crippen LogP contribution in [0.2, 0.25) is 10.0 Å². The molecule has 0 radical (unpaired) electrons. The molecular weight excluding hydrogens is 399 g/mol. The highest BCUT2D eigenvalue weighted by Gasteiger charge is 2.18. The third-order valence-corrected chi connectivity index (χ3v) is 5.32. The first-order valence-corrected chi connectivity index (χ1v) is 9.94. The van der Waals surface area contributed by atoms with Gasteiger partial charge in [-0.05, 0) is 49.1 Å². The number of methoxy groups -OCH3 is 1. The number of ether oxygens (including phenoxy) is 1. The molecular formula is C21H22Cl2N2O3. The number of hydrogen-bond donors (Lipinski definition) is 1. The van der Waals surface area contributed by atoms with Crippen molar-refractivity contribution in [2.45, 2.75) is 25.8 Å². The van der Waals surface area contributed by atoms with Crippen molar-refractivity contribution in [1.82, 2.24) is 10.2 Å². The molecule has 3 rings (SSSR count). The summed E-state index contributed by atoms with van der Waals surface area (Å²) in [5, 5.41) is 3.38. The molecule has 2 amide bonds. The summed E-state index contributed by atoms with van der Waals surface area (Å²) in [4.78, 5) is 26.8. The third-order valence-electron chi connectivity index (χ3n) is 4.76. The lowest BCUT2D eigenvalue weighted by Crippen LogP contribution is -2.35. The molecule has 1 fully saturated rings. The smallest absolute Gasteiger partial charge is 0.253 e. The average molecular weight is 421 g/mol. The molecule has 1 aliphatic rings. The Morgan fingerprint density at radius 2 is 1.61 bits per heavy atom. The second kappa shape index (κ2) is 9.30. The maximum atomic E-state index is 12.5. The predicted octanol–water partition coefficient (Wildman–Crippen LogP) is 4.56. The Labute approximate surface area is 174 Å². The molecule has 148 valence electrons. The molecule has 0 saturated carbocycles. The van der Waals surface area contributed by atoms with Gasteiger partial charge in [0.25, 0.3) is 11.8 Å². The first kappa shape index (κ1) is 20.5. The van der Waals surface area contributed by atoms with Crippen molar-refractivity contribution in [2.24, 2.45) is 0 Å². The summed E-state index contributed by atoms with van der Waals surface area (Å²) in [6, 6.07) is 10.3. The minimum Gasteiger partial charge on any atom is -0.494 e. The molecule has 1 heterocycles. The SMILES string of the molecule is COc1c(Cl)cc(C(=O)NCc2ccc(C(=O)N3CCCCC3)cc2)cc1Cl. The van der Waals surface area contributed by atoms with Crippen molar-refractivity contribution in [3.63, 3.8) is 0 Å². The maximum absolute atomic E-state index is 12.5. The van der Waals surface area contributed by atoms with Gasteiger partial charge in [0, 0.05) is 30.8 Å². The maximum Gasteiger partial charge on any atom is 0.253 e. The average Bonchev–Trinajstić information content (AvgIpc) is 2.72. The van der Waals surface area contributed by atoms with E-state index < -0.39 is 0 Å². The lowest BCUT2D eigenvalue weighted by molar-refractivity contribution is 0.0724. The largest absolute Gasteiger partial charge is 0.494 e. The number of nitrogens with zero attached hydrogens (tertiary/aromatic N) is 1. The molecule has 28 heavy (non-hydrogen) atoms. The van der Waals surface area contributed by atoms with Crippen LogP contribution in [0.5, 0.6) is 5.75 Å². The third kappa shape index (κ3) is 4.78. The van der Waals surface area contributed by atoms with Crippen LogP contribution in [0.25, 0.3) is 0 Å². The van der Waals surface area contributed by atoms with Gasteiger partial charge in [-0.3, -0.25) is 9.59 Å². The number of piperidine rings is 1. The second-order valence-corrected chi connectivity index (χ2v) is 7.52. The van der Waals surface area contributed by atoms with Crippen LogP contribution in [0, 0.1) is 0 Å². The van der Waals surface area contributed by atoms with E-state index in [0.717, 1.165) is 31.5 Å². The highest BCUT2D eigenvalue weighted by Crippen LogP contribution is 2.33. The molecule has 1 saturated heterocycles. The number of rotatable bonds is 5. The van der Waals surface area contributed by atoms with Gasteiger partial charge in [-0.2, -0.15) is 0 Å². The van der Waals surface area contributed by atoms with E-state index in [4.69, 9.17) is 27.9 Å². The van der Waals surface area contributed by atoms with Gasteiger partial charge in [0.15, 0.2) is 5.75 Å². The number of benzene rings is 2. The van der Waals surface area contributed by atoms with Gasteiger partial charge >= 0.3 is 0 Å². The Kier molecular flexibility index (Phi) is 6.81. The first-order valence-electron chi connectivity index (χ1n) is 9.19. The fourth-order valence-electron chi connectivity index (χ4n) is 3.22. The van der Waals surface area contributed by atoms with Crippen molar-refractivity contribution < 1.29 is 14.3 Å². The number of likely N-dealkylation sites (tertiary alicyclic amines) is 1. The minimum atomic E-state index is -0.292. The van der Waals surface area contributed by atoms with Crippen LogP contribution < -0.4 is 10.1 Å². The summed E-state index contributed by atoms with van der Waals surface area (Å²) >= 11 is 12.2. The highest BCUT2D eigenvalue weighted by molar-refractivity contribution is 6.37. The zero-order valence-corrected chi connectivity index (χ0v) is 17.1. The summed E-state index contributed by atoms with van der Waals surface area (Å²) in [6.45, 7) is 1.98. The van der Waals surface area contributed by atoms with E-state index in [2.05, 4.69) is 5.32 Å². The molecule has 7 heteroatoms. The van der Waals surface area contributed by atoms with Crippen LogP contribution in [-0.2, 0) is 6.54 Å². The summed E-state index contributed by atoms with van der Waals surface area (Å²) in [5.74, 6) is 0.117. The monoisotopic (exact) mass is 420 g/mol. The summed E-state index contributed by atoms with van der Waals surface area (Å²) in [6.07, 6.45) is 3.32.